The van der Waals surface area contributed by atoms with Gasteiger partial charge >= 0.3 is 0 Å². The third-order valence-corrected chi connectivity index (χ3v) is 5.88. The van der Waals surface area contributed by atoms with Crippen LogP contribution in [0, 0.1) is 11.8 Å². The number of unbranched alkanes of at least 4 members (excludes halogenated alkanes) is 1. The first-order valence-corrected chi connectivity index (χ1v) is 10.8. The van der Waals surface area contributed by atoms with Crippen LogP contribution in [0.3, 0.4) is 0 Å². The molecule has 29 heavy (non-hydrogen) atoms. The molecule has 1 aliphatic carbocycles. The third-order valence-electron chi connectivity index (χ3n) is 5.88. The second kappa shape index (κ2) is 10.2. The molecule has 2 aromatic rings. The van der Waals surface area contributed by atoms with Crippen molar-refractivity contribution in [3.05, 3.63) is 42.7 Å². The van der Waals surface area contributed by atoms with E-state index in [1.807, 2.05) is 18.2 Å². The number of hydrogen-bond acceptors (Lipinski definition) is 3. The number of nitrogens with one attached hydrogen (secondary N) is 2. The molecule has 1 atom stereocenters. The fraction of sp³-hybridized carbons (Fsp3) is 0.522. The predicted molar refractivity (Wildman–Crippen MR) is 116 cm³/mol. The number of benzene rings is 1. The average Bonchev–Trinajstić information content (AvgIpc) is 3.27. The van der Waals surface area contributed by atoms with E-state index in [1.165, 1.54) is 19.3 Å². The van der Waals surface area contributed by atoms with Crippen LogP contribution in [0.4, 0.5) is 11.4 Å². The summed E-state index contributed by atoms with van der Waals surface area (Å²) in [5, 5.41) is 10.0. The second-order valence-corrected chi connectivity index (χ2v) is 8.08. The SMILES string of the molecule is CCCCC1CCC(C(=O)Nc2cccc(NC(=O)C(C)n3cccn3)c2)CC1. The van der Waals surface area contributed by atoms with E-state index < -0.39 is 6.04 Å². The Bertz CT molecular complexity index is 795. The second-order valence-electron chi connectivity index (χ2n) is 8.08. The van der Waals surface area contributed by atoms with Gasteiger partial charge in [-0.2, -0.15) is 5.10 Å². The van der Waals surface area contributed by atoms with Crippen molar-refractivity contribution < 1.29 is 9.59 Å². The van der Waals surface area contributed by atoms with E-state index in [0.29, 0.717) is 11.4 Å². The van der Waals surface area contributed by atoms with Crippen molar-refractivity contribution in [1.82, 2.24) is 9.78 Å². The molecule has 1 saturated carbocycles. The number of aromatic nitrogens is 2. The van der Waals surface area contributed by atoms with Crippen LogP contribution in [0.5, 0.6) is 0 Å². The molecule has 1 aliphatic rings. The Morgan fingerprint density at radius 2 is 1.86 bits per heavy atom. The molecule has 0 spiro atoms. The van der Waals surface area contributed by atoms with E-state index in [-0.39, 0.29) is 17.7 Å². The van der Waals surface area contributed by atoms with Gasteiger partial charge in [0.2, 0.25) is 11.8 Å². The summed E-state index contributed by atoms with van der Waals surface area (Å²) in [4.78, 5) is 25.1. The van der Waals surface area contributed by atoms with E-state index >= 15 is 0 Å². The van der Waals surface area contributed by atoms with Gasteiger partial charge in [0, 0.05) is 29.7 Å². The minimum Gasteiger partial charge on any atom is -0.326 e. The lowest BCUT2D eigenvalue weighted by Gasteiger charge is -2.27. The first-order valence-electron chi connectivity index (χ1n) is 10.8. The van der Waals surface area contributed by atoms with Crippen molar-refractivity contribution in [2.75, 3.05) is 10.6 Å². The van der Waals surface area contributed by atoms with Gasteiger partial charge in [0.25, 0.3) is 0 Å². The number of carbonyl (C=O) groups excluding carboxylic acids is 2. The molecule has 2 N–H and O–H groups in total. The molecule has 2 amide bonds. The van der Waals surface area contributed by atoms with Crippen molar-refractivity contribution in [1.29, 1.82) is 0 Å². The molecule has 0 bridgehead atoms. The summed E-state index contributed by atoms with van der Waals surface area (Å²) in [7, 11) is 0. The summed E-state index contributed by atoms with van der Waals surface area (Å²) in [6, 6.07) is 8.70. The Labute approximate surface area is 173 Å². The lowest BCUT2D eigenvalue weighted by atomic mass is 9.79. The average molecular weight is 397 g/mol. The smallest absolute Gasteiger partial charge is 0.248 e. The summed E-state index contributed by atoms with van der Waals surface area (Å²) < 4.78 is 1.61. The molecular formula is C23H32N4O2. The van der Waals surface area contributed by atoms with Crippen molar-refractivity contribution in [3.8, 4) is 0 Å². The number of amides is 2. The minimum atomic E-state index is -0.411. The Hall–Kier alpha value is -2.63. The lowest BCUT2D eigenvalue weighted by Crippen LogP contribution is -2.27. The van der Waals surface area contributed by atoms with Crippen LogP contribution in [-0.4, -0.2) is 21.6 Å². The van der Waals surface area contributed by atoms with Crippen molar-refractivity contribution >= 4 is 23.2 Å². The molecule has 6 heteroatoms. The fourth-order valence-electron chi connectivity index (χ4n) is 4.00. The van der Waals surface area contributed by atoms with Crippen LogP contribution in [0.1, 0.15) is 64.8 Å². The van der Waals surface area contributed by atoms with Gasteiger partial charge in [-0.05, 0) is 62.8 Å². The number of hydrogen-bond donors (Lipinski definition) is 2. The van der Waals surface area contributed by atoms with E-state index in [4.69, 9.17) is 0 Å². The molecule has 0 radical (unpaired) electrons. The van der Waals surface area contributed by atoms with Crippen molar-refractivity contribution in [3.63, 3.8) is 0 Å². The highest BCUT2D eigenvalue weighted by atomic mass is 16.2. The molecule has 6 nitrogen and oxygen atoms in total. The predicted octanol–water partition coefficient (Wildman–Crippen LogP) is 5.02. The maximum atomic E-state index is 12.7. The first kappa shape index (κ1) is 21.1. The van der Waals surface area contributed by atoms with Gasteiger partial charge < -0.3 is 10.6 Å². The first-order chi connectivity index (χ1) is 14.1. The molecule has 1 aromatic heterocycles. The fourth-order valence-corrected chi connectivity index (χ4v) is 4.00. The normalized spacial score (nSPS) is 20.1. The summed E-state index contributed by atoms with van der Waals surface area (Å²) in [6.45, 7) is 4.03. The van der Waals surface area contributed by atoms with Gasteiger partial charge in [-0.25, -0.2) is 0 Å². The zero-order valence-corrected chi connectivity index (χ0v) is 17.4. The molecule has 0 saturated heterocycles. The number of nitrogens with zero attached hydrogens (tertiary/aromatic N) is 2. The standard InChI is InChI=1S/C23H32N4O2/c1-3-4-7-18-10-12-19(13-11-18)23(29)26-21-9-5-8-20(16-21)25-22(28)17(2)27-15-6-14-24-27/h5-6,8-9,14-19H,3-4,7,10-13H2,1-2H3,(H,25,28)(H,26,29). The van der Waals surface area contributed by atoms with Gasteiger partial charge in [-0.3, -0.25) is 14.3 Å². The van der Waals surface area contributed by atoms with Gasteiger partial charge in [0.1, 0.15) is 6.04 Å². The Balaban J connectivity index is 1.52. The zero-order chi connectivity index (χ0) is 20.6. The summed E-state index contributed by atoms with van der Waals surface area (Å²) in [5.41, 5.74) is 1.38. The van der Waals surface area contributed by atoms with Gasteiger partial charge in [0.05, 0.1) is 0 Å². The summed E-state index contributed by atoms with van der Waals surface area (Å²) in [5.74, 6) is 0.815. The Morgan fingerprint density at radius 3 is 2.52 bits per heavy atom. The van der Waals surface area contributed by atoms with Crippen LogP contribution in [0.25, 0.3) is 0 Å². The summed E-state index contributed by atoms with van der Waals surface area (Å²) >= 11 is 0. The molecule has 156 valence electrons. The molecule has 1 fully saturated rings. The Kier molecular flexibility index (Phi) is 7.44. The molecule has 0 aliphatic heterocycles. The van der Waals surface area contributed by atoms with Crippen LogP contribution in [0.2, 0.25) is 0 Å². The largest absolute Gasteiger partial charge is 0.326 e. The Morgan fingerprint density at radius 1 is 1.14 bits per heavy atom. The molecule has 1 heterocycles. The highest BCUT2D eigenvalue weighted by molar-refractivity contribution is 5.96. The van der Waals surface area contributed by atoms with Crippen LogP contribution >= 0.6 is 0 Å². The van der Waals surface area contributed by atoms with E-state index in [1.54, 1.807) is 36.1 Å². The highest BCUT2D eigenvalue weighted by Crippen LogP contribution is 2.32. The maximum Gasteiger partial charge on any atom is 0.248 e. The number of anilines is 2. The van der Waals surface area contributed by atoms with Crippen LogP contribution in [0.15, 0.2) is 42.7 Å². The highest BCUT2D eigenvalue weighted by Gasteiger charge is 2.26. The van der Waals surface area contributed by atoms with E-state index in [9.17, 15) is 9.59 Å². The van der Waals surface area contributed by atoms with Crippen molar-refractivity contribution in [2.45, 2.75) is 64.8 Å². The van der Waals surface area contributed by atoms with E-state index in [2.05, 4.69) is 22.7 Å². The number of carbonyl (C=O) groups is 2. The maximum absolute atomic E-state index is 12.7. The monoisotopic (exact) mass is 396 g/mol. The van der Waals surface area contributed by atoms with Crippen molar-refractivity contribution in [2.24, 2.45) is 11.8 Å². The topological polar surface area (TPSA) is 76.0 Å². The lowest BCUT2D eigenvalue weighted by molar-refractivity contribution is -0.121. The van der Waals surface area contributed by atoms with Crippen LogP contribution in [-0.2, 0) is 9.59 Å². The minimum absolute atomic E-state index is 0.0889. The summed E-state index contributed by atoms with van der Waals surface area (Å²) in [6.07, 6.45) is 11.5. The zero-order valence-electron chi connectivity index (χ0n) is 17.4. The van der Waals surface area contributed by atoms with E-state index in [0.717, 1.165) is 31.6 Å². The quantitative estimate of drug-likeness (QED) is 0.658. The number of rotatable bonds is 8. The van der Waals surface area contributed by atoms with Gasteiger partial charge in [-0.15, -0.1) is 0 Å². The molecule has 3 rings (SSSR count). The van der Waals surface area contributed by atoms with Gasteiger partial charge in [-0.1, -0.05) is 32.3 Å². The van der Waals surface area contributed by atoms with Crippen LogP contribution < -0.4 is 10.6 Å². The molecular weight excluding hydrogens is 364 g/mol. The molecule has 1 aromatic carbocycles. The molecule has 1 unspecified atom stereocenters. The third kappa shape index (κ3) is 5.92. The van der Waals surface area contributed by atoms with Gasteiger partial charge in [0.15, 0.2) is 0 Å².